The Balaban J connectivity index is 1.55. The third kappa shape index (κ3) is 6.44. The number of hydrogen-bond donors (Lipinski definition) is 0. The molecule has 0 unspecified atom stereocenters. The van der Waals surface area contributed by atoms with Crippen LogP contribution in [0.15, 0.2) is 12.2 Å². The maximum atomic E-state index is 5.49. The van der Waals surface area contributed by atoms with E-state index >= 15 is 0 Å². The molecule has 2 aliphatic rings. The van der Waals surface area contributed by atoms with Crippen LogP contribution >= 0.6 is 0 Å². The summed E-state index contributed by atoms with van der Waals surface area (Å²) in [5.74, 6) is 2.92. The molecule has 0 spiro atoms. The lowest BCUT2D eigenvalue weighted by atomic mass is 9.77. The highest BCUT2D eigenvalue weighted by Gasteiger charge is 2.23. The highest BCUT2D eigenvalue weighted by Crippen LogP contribution is 2.36. The van der Waals surface area contributed by atoms with E-state index < -0.39 is 0 Å². The summed E-state index contributed by atoms with van der Waals surface area (Å²) in [6.07, 6.45) is 23.8. The second-order valence-electron chi connectivity index (χ2n) is 7.81. The van der Waals surface area contributed by atoms with Crippen LogP contribution in [0.4, 0.5) is 0 Å². The number of ether oxygens (including phenoxy) is 1. The fraction of sp³-hybridized carbons (Fsp3) is 0.905. The normalized spacial score (nSPS) is 33.4. The van der Waals surface area contributed by atoms with Crippen LogP contribution in [0.3, 0.4) is 0 Å². The molecule has 0 aromatic carbocycles. The molecule has 128 valence electrons. The number of allylic oxidation sites excluding steroid dienone is 2. The Morgan fingerprint density at radius 1 is 0.864 bits per heavy atom. The van der Waals surface area contributed by atoms with Crippen LogP contribution < -0.4 is 0 Å². The van der Waals surface area contributed by atoms with Crippen molar-refractivity contribution in [2.75, 3.05) is 7.11 Å². The lowest BCUT2D eigenvalue weighted by Gasteiger charge is -2.31. The molecule has 0 radical (unpaired) electrons. The first-order chi connectivity index (χ1) is 10.8. The van der Waals surface area contributed by atoms with Gasteiger partial charge >= 0.3 is 0 Å². The lowest BCUT2D eigenvalue weighted by molar-refractivity contribution is 0.0541. The van der Waals surface area contributed by atoms with Gasteiger partial charge in [0.05, 0.1) is 6.10 Å². The average Bonchev–Trinajstić information content (AvgIpc) is 2.58. The van der Waals surface area contributed by atoms with Gasteiger partial charge in [0.25, 0.3) is 0 Å². The fourth-order valence-corrected chi connectivity index (χ4v) is 4.41. The van der Waals surface area contributed by atoms with E-state index in [1.165, 1.54) is 83.5 Å². The highest BCUT2D eigenvalue weighted by atomic mass is 16.5. The average molecular weight is 307 g/mol. The van der Waals surface area contributed by atoms with Crippen LogP contribution in [0.25, 0.3) is 0 Å². The van der Waals surface area contributed by atoms with E-state index in [1.807, 2.05) is 7.11 Å². The topological polar surface area (TPSA) is 9.23 Å². The minimum atomic E-state index is 0.561. The van der Waals surface area contributed by atoms with E-state index in [0.717, 1.165) is 17.8 Å². The first-order valence-electron chi connectivity index (χ1n) is 10.0. The SMILES string of the molecule is CCCCC=CC1CCC(CCC2CCC(OC)CC2)CC1. The molecule has 0 bridgehead atoms. The van der Waals surface area contributed by atoms with Crippen molar-refractivity contribution >= 4 is 0 Å². The summed E-state index contributed by atoms with van der Waals surface area (Å²) in [4.78, 5) is 0. The monoisotopic (exact) mass is 306 g/mol. The summed E-state index contributed by atoms with van der Waals surface area (Å²) in [6, 6.07) is 0. The first kappa shape index (κ1) is 18.0. The van der Waals surface area contributed by atoms with Gasteiger partial charge in [0, 0.05) is 7.11 Å². The number of hydrogen-bond acceptors (Lipinski definition) is 1. The van der Waals surface area contributed by atoms with E-state index in [1.54, 1.807) is 0 Å². The summed E-state index contributed by atoms with van der Waals surface area (Å²) in [5.41, 5.74) is 0. The largest absolute Gasteiger partial charge is 0.381 e. The summed E-state index contributed by atoms with van der Waals surface area (Å²) < 4.78 is 5.49. The minimum Gasteiger partial charge on any atom is -0.381 e. The summed E-state index contributed by atoms with van der Waals surface area (Å²) in [6.45, 7) is 2.28. The maximum absolute atomic E-state index is 5.49. The van der Waals surface area contributed by atoms with Crippen LogP contribution in [-0.4, -0.2) is 13.2 Å². The van der Waals surface area contributed by atoms with E-state index in [0.29, 0.717) is 6.10 Å². The van der Waals surface area contributed by atoms with E-state index in [2.05, 4.69) is 19.1 Å². The van der Waals surface area contributed by atoms with Crippen molar-refractivity contribution < 1.29 is 4.74 Å². The lowest BCUT2D eigenvalue weighted by Crippen LogP contribution is -2.21. The molecule has 0 heterocycles. The van der Waals surface area contributed by atoms with Crippen molar-refractivity contribution in [3.8, 4) is 0 Å². The molecule has 2 saturated carbocycles. The van der Waals surface area contributed by atoms with Crippen LogP contribution in [-0.2, 0) is 4.74 Å². The number of unbranched alkanes of at least 4 members (excludes halogenated alkanes) is 2. The van der Waals surface area contributed by atoms with Crippen molar-refractivity contribution in [3.05, 3.63) is 12.2 Å². The molecule has 1 nitrogen and oxygen atoms in total. The van der Waals surface area contributed by atoms with Crippen LogP contribution in [0.1, 0.15) is 90.4 Å². The quantitative estimate of drug-likeness (QED) is 0.366. The van der Waals surface area contributed by atoms with E-state index in [-0.39, 0.29) is 0 Å². The van der Waals surface area contributed by atoms with Gasteiger partial charge in [0.2, 0.25) is 0 Å². The number of methoxy groups -OCH3 is 1. The highest BCUT2D eigenvalue weighted by molar-refractivity contribution is 4.91. The van der Waals surface area contributed by atoms with Gasteiger partial charge in [-0.1, -0.05) is 44.8 Å². The Morgan fingerprint density at radius 3 is 2.00 bits per heavy atom. The van der Waals surface area contributed by atoms with Crippen molar-refractivity contribution in [2.45, 2.75) is 96.5 Å². The maximum Gasteiger partial charge on any atom is 0.0571 e. The van der Waals surface area contributed by atoms with Crippen LogP contribution in [0.2, 0.25) is 0 Å². The summed E-state index contributed by atoms with van der Waals surface area (Å²) in [7, 11) is 1.88. The van der Waals surface area contributed by atoms with Gasteiger partial charge in [-0.15, -0.1) is 0 Å². The smallest absolute Gasteiger partial charge is 0.0571 e. The first-order valence-corrected chi connectivity index (χ1v) is 10.0. The molecule has 0 saturated heterocycles. The van der Waals surface area contributed by atoms with Gasteiger partial charge in [-0.2, -0.15) is 0 Å². The fourth-order valence-electron chi connectivity index (χ4n) is 4.41. The molecule has 0 N–H and O–H groups in total. The van der Waals surface area contributed by atoms with Gasteiger partial charge in [-0.3, -0.25) is 0 Å². The summed E-state index contributed by atoms with van der Waals surface area (Å²) in [5, 5.41) is 0. The Hall–Kier alpha value is -0.300. The number of rotatable bonds is 8. The molecule has 2 fully saturated rings. The van der Waals surface area contributed by atoms with Crippen LogP contribution in [0.5, 0.6) is 0 Å². The molecule has 0 atom stereocenters. The predicted octanol–water partition coefficient (Wildman–Crippen LogP) is 6.52. The zero-order chi connectivity index (χ0) is 15.6. The molecule has 0 aromatic heterocycles. The Morgan fingerprint density at radius 2 is 1.45 bits per heavy atom. The van der Waals surface area contributed by atoms with Gasteiger partial charge in [0.15, 0.2) is 0 Å². The van der Waals surface area contributed by atoms with Gasteiger partial charge in [-0.05, 0) is 75.5 Å². The second-order valence-corrected chi connectivity index (χ2v) is 7.81. The molecular weight excluding hydrogens is 268 g/mol. The van der Waals surface area contributed by atoms with Gasteiger partial charge < -0.3 is 4.74 Å². The molecule has 0 aliphatic heterocycles. The molecule has 0 aromatic rings. The zero-order valence-corrected chi connectivity index (χ0v) is 15.1. The van der Waals surface area contributed by atoms with Gasteiger partial charge in [0.1, 0.15) is 0 Å². The van der Waals surface area contributed by atoms with E-state index in [4.69, 9.17) is 4.74 Å². The molecule has 1 heteroatoms. The minimum absolute atomic E-state index is 0.561. The van der Waals surface area contributed by atoms with Crippen molar-refractivity contribution in [3.63, 3.8) is 0 Å². The van der Waals surface area contributed by atoms with Gasteiger partial charge in [-0.25, -0.2) is 0 Å². The third-order valence-electron chi connectivity index (χ3n) is 6.13. The molecule has 0 amide bonds. The second kappa shape index (κ2) is 10.5. The van der Waals surface area contributed by atoms with Crippen molar-refractivity contribution in [1.82, 2.24) is 0 Å². The zero-order valence-electron chi connectivity index (χ0n) is 15.1. The standard InChI is InChI=1S/C21H38O/c1-3-4-5-6-7-18-8-10-19(11-9-18)12-13-20-14-16-21(22-2)17-15-20/h6-7,18-21H,3-5,8-17H2,1-2H3. The Kier molecular flexibility index (Phi) is 8.59. The molecule has 22 heavy (non-hydrogen) atoms. The summed E-state index contributed by atoms with van der Waals surface area (Å²) >= 11 is 0. The van der Waals surface area contributed by atoms with Crippen molar-refractivity contribution in [1.29, 1.82) is 0 Å². The Labute approximate surface area is 138 Å². The molecule has 2 rings (SSSR count). The Bertz CT molecular complexity index is 293. The van der Waals surface area contributed by atoms with Crippen LogP contribution in [0, 0.1) is 17.8 Å². The molecular formula is C21H38O. The third-order valence-corrected chi connectivity index (χ3v) is 6.13. The van der Waals surface area contributed by atoms with E-state index in [9.17, 15) is 0 Å². The molecule has 2 aliphatic carbocycles. The predicted molar refractivity (Wildman–Crippen MR) is 96.1 cm³/mol. The van der Waals surface area contributed by atoms with Crippen molar-refractivity contribution in [2.24, 2.45) is 17.8 Å².